The van der Waals surface area contributed by atoms with Crippen molar-refractivity contribution in [3.63, 3.8) is 0 Å². The fourth-order valence-electron chi connectivity index (χ4n) is 1.76. The second-order valence-corrected chi connectivity index (χ2v) is 4.73. The first kappa shape index (κ1) is 14.3. The highest BCUT2D eigenvalue weighted by Gasteiger charge is 2.08. The molecule has 0 spiro atoms. The predicted octanol–water partition coefficient (Wildman–Crippen LogP) is 4.06. The van der Waals surface area contributed by atoms with Crippen LogP contribution in [0.5, 0.6) is 5.75 Å². The van der Waals surface area contributed by atoms with Gasteiger partial charge in [0.1, 0.15) is 18.2 Å². The van der Waals surface area contributed by atoms with Crippen molar-refractivity contribution in [3.05, 3.63) is 63.9 Å². The molecular weight excluding hydrogens is 283 g/mol. The van der Waals surface area contributed by atoms with Gasteiger partial charge in [-0.2, -0.15) is 0 Å². The SMILES string of the molecule is Cc1cc(OCc2ccc(Cl)c(F)c2)ccc1C(=O)O. The highest BCUT2D eigenvalue weighted by Crippen LogP contribution is 2.20. The van der Waals surface area contributed by atoms with Crippen molar-refractivity contribution in [2.75, 3.05) is 0 Å². The molecule has 104 valence electrons. The van der Waals surface area contributed by atoms with Crippen molar-refractivity contribution in [2.45, 2.75) is 13.5 Å². The molecule has 0 amide bonds. The van der Waals surface area contributed by atoms with Crippen LogP contribution in [-0.4, -0.2) is 11.1 Å². The topological polar surface area (TPSA) is 46.5 Å². The van der Waals surface area contributed by atoms with E-state index >= 15 is 0 Å². The van der Waals surface area contributed by atoms with Gasteiger partial charge in [0, 0.05) is 0 Å². The molecule has 0 aliphatic rings. The molecule has 2 aromatic carbocycles. The smallest absolute Gasteiger partial charge is 0.335 e. The van der Waals surface area contributed by atoms with E-state index in [1.54, 1.807) is 25.1 Å². The van der Waals surface area contributed by atoms with E-state index in [2.05, 4.69) is 0 Å². The van der Waals surface area contributed by atoms with E-state index in [0.29, 0.717) is 16.9 Å². The Bertz CT molecular complexity index is 656. The lowest BCUT2D eigenvalue weighted by atomic mass is 10.1. The summed E-state index contributed by atoms with van der Waals surface area (Å²) < 4.78 is 18.8. The molecule has 20 heavy (non-hydrogen) atoms. The summed E-state index contributed by atoms with van der Waals surface area (Å²) in [5.41, 5.74) is 1.49. The Morgan fingerprint density at radius 1 is 1.30 bits per heavy atom. The van der Waals surface area contributed by atoms with Gasteiger partial charge in [-0.1, -0.05) is 17.7 Å². The standard InChI is InChI=1S/C15H12ClFO3/c1-9-6-11(3-4-12(9)15(18)19)20-8-10-2-5-13(16)14(17)7-10/h2-7H,8H2,1H3,(H,18,19). The molecule has 2 aromatic rings. The third kappa shape index (κ3) is 3.27. The number of hydrogen-bond donors (Lipinski definition) is 1. The Morgan fingerprint density at radius 2 is 2.05 bits per heavy atom. The number of carboxylic acid groups (broad SMARTS) is 1. The first-order valence-electron chi connectivity index (χ1n) is 5.88. The molecule has 0 aliphatic carbocycles. The van der Waals surface area contributed by atoms with Crippen molar-refractivity contribution < 1.29 is 19.0 Å². The summed E-state index contributed by atoms with van der Waals surface area (Å²) in [7, 11) is 0. The summed E-state index contributed by atoms with van der Waals surface area (Å²) in [4.78, 5) is 10.9. The minimum Gasteiger partial charge on any atom is -0.489 e. The Kier molecular flexibility index (Phi) is 4.25. The number of aryl methyl sites for hydroxylation is 1. The van der Waals surface area contributed by atoms with Gasteiger partial charge in [0.2, 0.25) is 0 Å². The van der Waals surface area contributed by atoms with Crippen LogP contribution >= 0.6 is 11.6 Å². The minimum absolute atomic E-state index is 0.0652. The zero-order valence-electron chi connectivity index (χ0n) is 10.7. The Balaban J connectivity index is 2.09. The van der Waals surface area contributed by atoms with Crippen LogP contribution in [0.4, 0.5) is 4.39 Å². The summed E-state index contributed by atoms with van der Waals surface area (Å²) in [6, 6.07) is 9.13. The molecular formula is C15H12ClFO3. The molecule has 0 atom stereocenters. The van der Waals surface area contributed by atoms with Crippen molar-refractivity contribution in [3.8, 4) is 5.75 Å². The van der Waals surface area contributed by atoms with Gasteiger partial charge in [-0.15, -0.1) is 0 Å². The number of aromatic carboxylic acids is 1. The molecule has 0 saturated carbocycles. The van der Waals surface area contributed by atoms with Crippen LogP contribution in [0.1, 0.15) is 21.5 Å². The molecule has 0 radical (unpaired) electrons. The summed E-state index contributed by atoms with van der Waals surface area (Å²) >= 11 is 5.59. The second kappa shape index (κ2) is 5.92. The Morgan fingerprint density at radius 3 is 2.65 bits per heavy atom. The van der Waals surface area contributed by atoms with E-state index in [1.807, 2.05) is 0 Å². The Labute approximate surface area is 120 Å². The van der Waals surface area contributed by atoms with E-state index in [4.69, 9.17) is 21.4 Å². The molecule has 0 aliphatic heterocycles. The first-order chi connectivity index (χ1) is 9.47. The van der Waals surface area contributed by atoms with Crippen molar-refractivity contribution in [1.29, 1.82) is 0 Å². The predicted molar refractivity (Wildman–Crippen MR) is 73.9 cm³/mol. The lowest BCUT2D eigenvalue weighted by Gasteiger charge is -2.09. The number of carboxylic acids is 1. The van der Waals surface area contributed by atoms with Crippen molar-refractivity contribution in [2.24, 2.45) is 0 Å². The molecule has 5 heteroatoms. The third-order valence-corrected chi connectivity index (χ3v) is 3.12. The van der Waals surface area contributed by atoms with Gasteiger partial charge in [0.05, 0.1) is 10.6 Å². The largest absolute Gasteiger partial charge is 0.489 e. The summed E-state index contributed by atoms with van der Waals surface area (Å²) in [6.45, 7) is 1.87. The maximum Gasteiger partial charge on any atom is 0.335 e. The number of carbonyl (C=O) groups is 1. The summed E-state index contributed by atoms with van der Waals surface area (Å²) in [6.07, 6.45) is 0. The van der Waals surface area contributed by atoms with Crippen LogP contribution in [0.25, 0.3) is 0 Å². The van der Waals surface area contributed by atoms with Crippen LogP contribution in [-0.2, 0) is 6.61 Å². The molecule has 0 saturated heterocycles. The zero-order valence-corrected chi connectivity index (χ0v) is 11.4. The third-order valence-electron chi connectivity index (χ3n) is 2.82. The van der Waals surface area contributed by atoms with Gasteiger partial charge in [-0.25, -0.2) is 9.18 Å². The van der Waals surface area contributed by atoms with E-state index in [-0.39, 0.29) is 17.2 Å². The average molecular weight is 295 g/mol. The number of benzene rings is 2. The van der Waals surface area contributed by atoms with E-state index in [0.717, 1.165) is 0 Å². The normalized spacial score (nSPS) is 10.3. The van der Waals surface area contributed by atoms with E-state index in [1.165, 1.54) is 18.2 Å². The lowest BCUT2D eigenvalue weighted by molar-refractivity contribution is 0.0696. The molecule has 0 heterocycles. The van der Waals surface area contributed by atoms with Crippen molar-refractivity contribution >= 4 is 17.6 Å². The lowest BCUT2D eigenvalue weighted by Crippen LogP contribution is -2.01. The molecule has 1 N–H and O–H groups in total. The van der Waals surface area contributed by atoms with Gasteiger partial charge in [0.25, 0.3) is 0 Å². The van der Waals surface area contributed by atoms with E-state index in [9.17, 15) is 9.18 Å². The zero-order chi connectivity index (χ0) is 14.7. The van der Waals surface area contributed by atoms with Crippen LogP contribution in [0.15, 0.2) is 36.4 Å². The summed E-state index contributed by atoms with van der Waals surface area (Å²) in [5.74, 6) is -0.943. The number of rotatable bonds is 4. The molecule has 0 bridgehead atoms. The molecule has 2 rings (SSSR count). The van der Waals surface area contributed by atoms with Gasteiger partial charge >= 0.3 is 5.97 Å². The number of ether oxygens (including phenoxy) is 1. The maximum absolute atomic E-state index is 13.3. The minimum atomic E-state index is -0.978. The first-order valence-corrected chi connectivity index (χ1v) is 6.26. The maximum atomic E-state index is 13.3. The fraction of sp³-hybridized carbons (Fsp3) is 0.133. The van der Waals surface area contributed by atoms with Crippen molar-refractivity contribution in [1.82, 2.24) is 0 Å². The number of hydrogen-bond acceptors (Lipinski definition) is 2. The average Bonchev–Trinajstić information content (AvgIpc) is 2.40. The highest BCUT2D eigenvalue weighted by atomic mass is 35.5. The fourth-order valence-corrected chi connectivity index (χ4v) is 1.88. The quantitative estimate of drug-likeness (QED) is 0.925. The van der Waals surface area contributed by atoms with Gasteiger partial charge in [0.15, 0.2) is 0 Å². The number of halogens is 2. The van der Waals surface area contributed by atoms with E-state index < -0.39 is 11.8 Å². The van der Waals surface area contributed by atoms with Gasteiger partial charge in [-0.3, -0.25) is 0 Å². The summed E-state index contributed by atoms with van der Waals surface area (Å²) in [5, 5.41) is 8.99. The Hall–Kier alpha value is -2.07. The molecule has 0 aromatic heterocycles. The molecule has 0 fully saturated rings. The molecule has 0 unspecified atom stereocenters. The van der Waals surface area contributed by atoms with Gasteiger partial charge < -0.3 is 9.84 Å². The highest BCUT2D eigenvalue weighted by molar-refractivity contribution is 6.30. The van der Waals surface area contributed by atoms with Gasteiger partial charge in [-0.05, 0) is 48.4 Å². The van der Waals surface area contributed by atoms with Crippen LogP contribution in [0.2, 0.25) is 5.02 Å². The van der Waals surface area contributed by atoms with Crippen LogP contribution in [0, 0.1) is 12.7 Å². The van der Waals surface area contributed by atoms with Crippen LogP contribution < -0.4 is 4.74 Å². The van der Waals surface area contributed by atoms with Crippen LogP contribution in [0.3, 0.4) is 0 Å². The second-order valence-electron chi connectivity index (χ2n) is 4.32. The molecule has 3 nitrogen and oxygen atoms in total. The monoisotopic (exact) mass is 294 g/mol.